The third-order valence-corrected chi connectivity index (χ3v) is 3.23. The van der Waals surface area contributed by atoms with Gasteiger partial charge < -0.3 is 19.5 Å². The Bertz CT molecular complexity index is 561. The molecule has 1 amide bonds. The monoisotopic (exact) mass is 313 g/mol. The van der Waals surface area contributed by atoms with Gasteiger partial charge >= 0.3 is 5.97 Å². The van der Waals surface area contributed by atoms with Gasteiger partial charge in [0.25, 0.3) is 5.91 Å². The predicted molar refractivity (Wildman–Crippen MR) is 76.3 cm³/mol. The molecule has 7 heteroatoms. The molecule has 0 radical (unpaired) electrons. The molecule has 21 heavy (non-hydrogen) atoms. The number of fused-ring (bicyclic) bond motifs is 1. The first kappa shape index (κ1) is 15.4. The number of aliphatic carboxylic acids is 1. The molecule has 0 aromatic heterocycles. The zero-order valence-electron chi connectivity index (χ0n) is 11.6. The van der Waals surface area contributed by atoms with Crippen molar-refractivity contribution in [3.8, 4) is 11.5 Å². The predicted octanol–water partition coefficient (Wildman–Crippen LogP) is 2.05. The van der Waals surface area contributed by atoms with Crippen molar-refractivity contribution in [3.63, 3.8) is 0 Å². The zero-order chi connectivity index (χ0) is 15.4. The van der Waals surface area contributed by atoms with E-state index in [1.54, 1.807) is 0 Å². The first-order valence-corrected chi connectivity index (χ1v) is 7.01. The number of benzene rings is 1. The van der Waals surface area contributed by atoms with Gasteiger partial charge in [0.15, 0.2) is 11.5 Å². The summed E-state index contributed by atoms with van der Waals surface area (Å²) in [6, 6.07) is 3.01. The summed E-state index contributed by atoms with van der Waals surface area (Å²) < 4.78 is 10.8. The van der Waals surface area contributed by atoms with Crippen LogP contribution in [0.3, 0.4) is 0 Å². The number of halogens is 1. The molecule has 0 saturated heterocycles. The van der Waals surface area contributed by atoms with E-state index in [9.17, 15) is 9.59 Å². The smallest absolute Gasteiger partial charge is 0.323 e. The van der Waals surface area contributed by atoms with Crippen molar-refractivity contribution in [1.82, 2.24) is 4.90 Å². The molecule has 2 rings (SSSR count). The molecule has 1 heterocycles. The lowest BCUT2D eigenvalue weighted by molar-refractivity contribution is -0.137. The maximum Gasteiger partial charge on any atom is 0.323 e. The Labute approximate surface area is 127 Å². The summed E-state index contributed by atoms with van der Waals surface area (Å²) in [5.74, 6) is -0.623. The number of carbonyl (C=O) groups excluding carboxylic acids is 1. The van der Waals surface area contributed by atoms with E-state index in [0.717, 1.165) is 0 Å². The molecule has 0 atom stereocenters. The molecule has 0 aliphatic carbocycles. The fourth-order valence-corrected chi connectivity index (χ4v) is 2.37. The van der Waals surface area contributed by atoms with Gasteiger partial charge in [0, 0.05) is 12.1 Å². The molecule has 114 valence electrons. The largest absolute Gasteiger partial charge is 0.486 e. The number of hydrogen-bond donors (Lipinski definition) is 1. The van der Waals surface area contributed by atoms with E-state index < -0.39 is 11.9 Å². The summed E-state index contributed by atoms with van der Waals surface area (Å²) in [5, 5.41) is 9.17. The van der Waals surface area contributed by atoms with Crippen LogP contribution < -0.4 is 9.47 Å². The number of ether oxygens (including phenoxy) is 2. The first-order chi connectivity index (χ1) is 10.0. The van der Waals surface area contributed by atoms with Gasteiger partial charge in [0.1, 0.15) is 19.8 Å². The second kappa shape index (κ2) is 6.67. The van der Waals surface area contributed by atoms with Gasteiger partial charge in [0.2, 0.25) is 0 Å². The van der Waals surface area contributed by atoms with Crippen molar-refractivity contribution in [2.24, 2.45) is 0 Å². The van der Waals surface area contributed by atoms with E-state index in [0.29, 0.717) is 43.2 Å². The SMILES string of the molecule is CCCN(CC(=O)O)C(=O)c1cc(Cl)c2c(c1)OCCO2. The van der Waals surface area contributed by atoms with Crippen molar-refractivity contribution in [2.75, 3.05) is 26.3 Å². The highest BCUT2D eigenvalue weighted by atomic mass is 35.5. The normalized spacial score (nSPS) is 12.9. The maximum absolute atomic E-state index is 12.4. The number of carboxylic acids is 1. The van der Waals surface area contributed by atoms with Crippen LogP contribution in [0, 0.1) is 0 Å². The Balaban J connectivity index is 2.29. The number of carbonyl (C=O) groups is 2. The zero-order valence-corrected chi connectivity index (χ0v) is 12.4. The highest BCUT2D eigenvalue weighted by Gasteiger charge is 2.23. The van der Waals surface area contributed by atoms with Crippen LogP contribution in [0.4, 0.5) is 0 Å². The van der Waals surface area contributed by atoms with E-state index in [2.05, 4.69) is 0 Å². The van der Waals surface area contributed by atoms with E-state index in [4.69, 9.17) is 26.2 Å². The molecule has 0 bridgehead atoms. The van der Waals surface area contributed by atoms with E-state index in [1.807, 2.05) is 6.92 Å². The fraction of sp³-hybridized carbons (Fsp3) is 0.429. The summed E-state index contributed by atoms with van der Waals surface area (Å²) in [5.41, 5.74) is 0.291. The van der Waals surface area contributed by atoms with Gasteiger partial charge in [-0.25, -0.2) is 0 Å². The number of amides is 1. The Hall–Kier alpha value is -1.95. The van der Waals surface area contributed by atoms with E-state index >= 15 is 0 Å². The highest BCUT2D eigenvalue weighted by Crippen LogP contribution is 2.38. The molecule has 0 fully saturated rings. The minimum atomic E-state index is -1.06. The van der Waals surface area contributed by atoms with Gasteiger partial charge in [-0.1, -0.05) is 18.5 Å². The van der Waals surface area contributed by atoms with Crippen LogP contribution in [0.5, 0.6) is 11.5 Å². The molecule has 1 aliphatic rings. The lowest BCUT2D eigenvalue weighted by Gasteiger charge is -2.23. The molecule has 1 aromatic carbocycles. The van der Waals surface area contributed by atoms with Gasteiger partial charge in [-0.3, -0.25) is 9.59 Å². The van der Waals surface area contributed by atoms with E-state index in [-0.39, 0.29) is 11.6 Å². The quantitative estimate of drug-likeness (QED) is 0.900. The second-order valence-electron chi connectivity index (χ2n) is 4.60. The standard InChI is InChI=1S/C14H16ClNO5/c1-2-3-16(8-12(17)18)14(19)9-6-10(15)13-11(7-9)20-4-5-21-13/h6-7H,2-5,8H2,1H3,(H,17,18). The fourth-order valence-electron chi connectivity index (χ4n) is 2.10. The van der Waals surface area contributed by atoms with Gasteiger partial charge in [-0.2, -0.15) is 0 Å². The Morgan fingerprint density at radius 3 is 2.71 bits per heavy atom. The van der Waals surface area contributed by atoms with Crippen molar-refractivity contribution < 1.29 is 24.2 Å². The Morgan fingerprint density at radius 1 is 1.33 bits per heavy atom. The van der Waals surface area contributed by atoms with Crippen LogP contribution in [-0.2, 0) is 4.79 Å². The highest BCUT2D eigenvalue weighted by molar-refractivity contribution is 6.32. The summed E-state index contributed by atoms with van der Waals surface area (Å²) >= 11 is 6.09. The Kier molecular flexibility index (Phi) is 4.90. The van der Waals surface area contributed by atoms with Crippen LogP contribution in [0.2, 0.25) is 5.02 Å². The van der Waals surface area contributed by atoms with Crippen molar-refractivity contribution in [1.29, 1.82) is 0 Å². The molecule has 0 saturated carbocycles. The maximum atomic E-state index is 12.4. The second-order valence-corrected chi connectivity index (χ2v) is 5.01. The topological polar surface area (TPSA) is 76.1 Å². The molecular formula is C14H16ClNO5. The molecular weight excluding hydrogens is 298 g/mol. The van der Waals surface area contributed by atoms with Gasteiger partial charge in [-0.05, 0) is 18.6 Å². The first-order valence-electron chi connectivity index (χ1n) is 6.63. The Morgan fingerprint density at radius 2 is 2.05 bits per heavy atom. The van der Waals surface area contributed by atoms with E-state index in [1.165, 1.54) is 17.0 Å². The van der Waals surface area contributed by atoms with Crippen LogP contribution >= 0.6 is 11.6 Å². The summed E-state index contributed by atoms with van der Waals surface area (Å²) in [7, 11) is 0. The third-order valence-electron chi connectivity index (χ3n) is 2.95. The molecule has 1 N–H and O–H groups in total. The lowest BCUT2D eigenvalue weighted by Crippen LogP contribution is -2.36. The van der Waals surface area contributed by atoms with Crippen molar-refractivity contribution in [2.45, 2.75) is 13.3 Å². The summed E-state index contributed by atoms with van der Waals surface area (Å²) in [6.45, 7) is 2.67. The molecule has 0 spiro atoms. The minimum absolute atomic E-state index is 0.280. The number of carboxylic acid groups (broad SMARTS) is 1. The van der Waals surface area contributed by atoms with Crippen molar-refractivity contribution in [3.05, 3.63) is 22.7 Å². The summed E-state index contributed by atoms with van der Waals surface area (Å²) in [4.78, 5) is 24.5. The van der Waals surface area contributed by atoms with Crippen LogP contribution in [0.1, 0.15) is 23.7 Å². The molecule has 0 unspecified atom stereocenters. The van der Waals surface area contributed by atoms with Crippen molar-refractivity contribution >= 4 is 23.5 Å². The minimum Gasteiger partial charge on any atom is -0.486 e. The van der Waals surface area contributed by atoms with Crippen LogP contribution in [0.25, 0.3) is 0 Å². The summed E-state index contributed by atoms with van der Waals surface area (Å²) in [6.07, 6.45) is 0.664. The average molecular weight is 314 g/mol. The number of nitrogens with zero attached hydrogens (tertiary/aromatic N) is 1. The average Bonchev–Trinajstić information content (AvgIpc) is 2.45. The number of rotatable bonds is 5. The third kappa shape index (κ3) is 3.58. The van der Waals surface area contributed by atoms with Crippen LogP contribution in [0.15, 0.2) is 12.1 Å². The molecule has 6 nitrogen and oxygen atoms in total. The van der Waals surface area contributed by atoms with Gasteiger partial charge in [-0.15, -0.1) is 0 Å². The molecule has 1 aromatic rings. The lowest BCUT2D eigenvalue weighted by atomic mass is 10.1. The molecule has 1 aliphatic heterocycles. The van der Waals surface area contributed by atoms with Gasteiger partial charge in [0.05, 0.1) is 5.02 Å². The number of hydrogen-bond acceptors (Lipinski definition) is 4. The van der Waals surface area contributed by atoms with Crippen LogP contribution in [-0.4, -0.2) is 48.2 Å².